The fourth-order valence-electron chi connectivity index (χ4n) is 2.77. The van der Waals surface area contributed by atoms with Gasteiger partial charge in [0.2, 0.25) is 0 Å². The van der Waals surface area contributed by atoms with E-state index in [0.29, 0.717) is 6.04 Å². The van der Waals surface area contributed by atoms with Crippen molar-refractivity contribution in [1.29, 1.82) is 0 Å². The van der Waals surface area contributed by atoms with E-state index in [-0.39, 0.29) is 0 Å². The number of hydrogen-bond acceptors (Lipinski definition) is 2. The van der Waals surface area contributed by atoms with Crippen LogP contribution >= 0.6 is 15.9 Å². The molecule has 18 heavy (non-hydrogen) atoms. The highest BCUT2D eigenvalue weighted by Gasteiger charge is 2.19. The summed E-state index contributed by atoms with van der Waals surface area (Å²) in [5, 5.41) is 3.57. The fraction of sp³-hybridized carbons (Fsp3) is 0.600. The first kappa shape index (κ1) is 13.9. The molecule has 2 rings (SSSR count). The predicted molar refractivity (Wildman–Crippen MR) is 82.5 cm³/mol. The molecule has 1 saturated heterocycles. The number of likely N-dealkylation sites (N-methyl/N-ethyl adjacent to an activating group) is 1. The molecule has 1 unspecified atom stereocenters. The molecule has 0 amide bonds. The van der Waals surface area contributed by atoms with Crippen LogP contribution < -0.4 is 10.2 Å². The first-order valence-electron chi connectivity index (χ1n) is 6.87. The van der Waals surface area contributed by atoms with Crippen molar-refractivity contribution in [3.05, 3.63) is 27.7 Å². The van der Waals surface area contributed by atoms with Gasteiger partial charge in [0.25, 0.3) is 0 Å². The maximum absolute atomic E-state index is 3.64. The van der Waals surface area contributed by atoms with Crippen LogP contribution in [0.3, 0.4) is 0 Å². The number of nitrogens with one attached hydrogen (secondary N) is 1. The van der Waals surface area contributed by atoms with Gasteiger partial charge in [0.15, 0.2) is 0 Å². The van der Waals surface area contributed by atoms with E-state index in [9.17, 15) is 0 Å². The molecule has 1 atom stereocenters. The van der Waals surface area contributed by atoms with Crippen LogP contribution in [0.2, 0.25) is 0 Å². The zero-order chi connectivity index (χ0) is 13.1. The summed E-state index contributed by atoms with van der Waals surface area (Å²) in [6.07, 6.45) is 2.59. The molecule has 1 aromatic rings. The van der Waals surface area contributed by atoms with Gasteiger partial charge in [-0.25, -0.2) is 0 Å². The van der Waals surface area contributed by atoms with Crippen molar-refractivity contribution in [3.63, 3.8) is 0 Å². The van der Waals surface area contributed by atoms with Gasteiger partial charge in [0.1, 0.15) is 0 Å². The summed E-state index contributed by atoms with van der Waals surface area (Å²) in [4.78, 5) is 2.52. The van der Waals surface area contributed by atoms with E-state index in [0.717, 1.165) is 13.1 Å². The Bertz CT molecular complexity index is 392. The average molecular weight is 311 g/mol. The molecule has 0 radical (unpaired) electrons. The molecule has 0 aliphatic carbocycles. The number of benzene rings is 1. The van der Waals surface area contributed by atoms with Crippen molar-refractivity contribution >= 4 is 21.6 Å². The number of rotatable bonds is 3. The van der Waals surface area contributed by atoms with Gasteiger partial charge in [-0.2, -0.15) is 0 Å². The predicted octanol–water partition coefficient (Wildman–Crippen LogP) is 3.64. The quantitative estimate of drug-likeness (QED) is 0.917. The standard InChI is InChI=1S/C15H23BrN2/c1-4-17-13-6-5-7-18(10-13)14-8-11(2)15(16)12(3)9-14/h8-9,13,17H,4-7,10H2,1-3H3. The number of hydrogen-bond donors (Lipinski definition) is 1. The number of aryl methyl sites for hydroxylation is 2. The zero-order valence-electron chi connectivity index (χ0n) is 11.6. The summed E-state index contributed by atoms with van der Waals surface area (Å²) in [6, 6.07) is 5.24. The van der Waals surface area contributed by atoms with Gasteiger partial charge in [-0.1, -0.05) is 22.9 Å². The number of piperidine rings is 1. The van der Waals surface area contributed by atoms with E-state index in [2.05, 4.69) is 59.1 Å². The summed E-state index contributed by atoms with van der Waals surface area (Å²) in [5.74, 6) is 0. The van der Waals surface area contributed by atoms with Crippen LogP contribution in [0, 0.1) is 13.8 Å². The summed E-state index contributed by atoms with van der Waals surface area (Å²) in [7, 11) is 0. The summed E-state index contributed by atoms with van der Waals surface area (Å²) >= 11 is 3.64. The third-order valence-electron chi connectivity index (χ3n) is 3.70. The Morgan fingerprint density at radius 3 is 2.61 bits per heavy atom. The molecule has 0 aromatic heterocycles. The maximum atomic E-state index is 3.64. The Morgan fingerprint density at radius 1 is 1.33 bits per heavy atom. The Labute approximate surface area is 119 Å². The second-order valence-corrected chi connectivity index (χ2v) is 6.03. The Balaban J connectivity index is 2.15. The van der Waals surface area contributed by atoms with Crippen LogP contribution in [0.25, 0.3) is 0 Å². The van der Waals surface area contributed by atoms with E-state index >= 15 is 0 Å². The molecule has 3 heteroatoms. The highest BCUT2D eigenvalue weighted by molar-refractivity contribution is 9.10. The normalized spacial score (nSPS) is 20.2. The van der Waals surface area contributed by atoms with Crippen molar-refractivity contribution in [1.82, 2.24) is 5.32 Å². The monoisotopic (exact) mass is 310 g/mol. The molecule has 1 fully saturated rings. The van der Waals surface area contributed by atoms with E-state index in [1.165, 1.54) is 40.7 Å². The van der Waals surface area contributed by atoms with Gasteiger partial charge in [0, 0.05) is 29.3 Å². The lowest BCUT2D eigenvalue weighted by atomic mass is 10.0. The minimum atomic E-state index is 0.646. The van der Waals surface area contributed by atoms with Gasteiger partial charge < -0.3 is 10.2 Å². The molecule has 0 spiro atoms. The minimum Gasteiger partial charge on any atom is -0.370 e. The van der Waals surface area contributed by atoms with Crippen molar-refractivity contribution in [2.24, 2.45) is 0 Å². The van der Waals surface area contributed by atoms with E-state index < -0.39 is 0 Å². The second kappa shape index (κ2) is 6.07. The molecule has 1 aliphatic heterocycles. The molecular formula is C15H23BrN2. The lowest BCUT2D eigenvalue weighted by Crippen LogP contribution is -2.45. The molecule has 1 heterocycles. The second-order valence-electron chi connectivity index (χ2n) is 5.24. The molecule has 0 saturated carbocycles. The number of nitrogens with zero attached hydrogens (tertiary/aromatic N) is 1. The topological polar surface area (TPSA) is 15.3 Å². The zero-order valence-corrected chi connectivity index (χ0v) is 13.2. The number of anilines is 1. The summed E-state index contributed by atoms with van der Waals surface area (Å²) in [6.45, 7) is 9.92. The van der Waals surface area contributed by atoms with Crippen LogP contribution in [0.1, 0.15) is 30.9 Å². The summed E-state index contributed by atoms with van der Waals surface area (Å²) in [5.41, 5.74) is 4.03. The van der Waals surface area contributed by atoms with Gasteiger partial charge in [-0.15, -0.1) is 0 Å². The summed E-state index contributed by atoms with van der Waals surface area (Å²) < 4.78 is 1.24. The smallest absolute Gasteiger partial charge is 0.0372 e. The Morgan fingerprint density at radius 2 is 2.00 bits per heavy atom. The first-order valence-corrected chi connectivity index (χ1v) is 7.66. The molecule has 1 aliphatic rings. The lowest BCUT2D eigenvalue weighted by Gasteiger charge is -2.35. The van der Waals surface area contributed by atoms with E-state index in [4.69, 9.17) is 0 Å². The maximum Gasteiger partial charge on any atom is 0.0372 e. The number of halogens is 1. The fourth-order valence-corrected chi connectivity index (χ4v) is 3.00. The largest absolute Gasteiger partial charge is 0.370 e. The van der Waals surface area contributed by atoms with Gasteiger partial charge in [-0.3, -0.25) is 0 Å². The molecular weight excluding hydrogens is 288 g/mol. The first-order chi connectivity index (χ1) is 8.61. The van der Waals surface area contributed by atoms with Crippen LogP contribution in [0.15, 0.2) is 16.6 Å². The van der Waals surface area contributed by atoms with E-state index in [1.54, 1.807) is 0 Å². The van der Waals surface area contributed by atoms with Gasteiger partial charge in [0.05, 0.1) is 0 Å². The van der Waals surface area contributed by atoms with Crippen LogP contribution in [0.4, 0.5) is 5.69 Å². The third kappa shape index (κ3) is 3.07. The minimum absolute atomic E-state index is 0.646. The van der Waals surface area contributed by atoms with Gasteiger partial charge >= 0.3 is 0 Å². The molecule has 1 aromatic carbocycles. The van der Waals surface area contributed by atoms with Gasteiger partial charge in [-0.05, 0) is 56.5 Å². The highest BCUT2D eigenvalue weighted by atomic mass is 79.9. The van der Waals surface area contributed by atoms with Crippen LogP contribution in [0.5, 0.6) is 0 Å². The highest BCUT2D eigenvalue weighted by Crippen LogP contribution is 2.28. The molecule has 100 valence electrons. The lowest BCUT2D eigenvalue weighted by molar-refractivity contribution is 0.431. The molecule has 1 N–H and O–H groups in total. The SMILES string of the molecule is CCNC1CCCN(c2cc(C)c(Br)c(C)c2)C1. The average Bonchev–Trinajstić information content (AvgIpc) is 2.36. The third-order valence-corrected chi connectivity index (χ3v) is 4.95. The van der Waals surface area contributed by atoms with Crippen molar-refractivity contribution in [2.75, 3.05) is 24.5 Å². The van der Waals surface area contributed by atoms with Crippen LogP contribution in [-0.2, 0) is 0 Å². The van der Waals surface area contributed by atoms with Crippen molar-refractivity contribution in [2.45, 2.75) is 39.7 Å². The Kier molecular flexibility index (Phi) is 4.68. The Hall–Kier alpha value is -0.540. The van der Waals surface area contributed by atoms with E-state index in [1.807, 2.05) is 0 Å². The van der Waals surface area contributed by atoms with Crippen molar-refractivity contribution < 1.29 is 0 Å². The van der Waals surface area contributed by atoms with Crippen LogP contribution in [-0.4, -0.2) is 25.7 Å². The van der Waals surface area contributed by atoms with Crippen molar-refractivity contribution in [3.8, 4) is 0 Å². The molecule has 2 nitrogen and oxygen atoms in total. The molecule has 0 bridgehead atoms.